The molecule has 0 radical (unpaired) electrons. The Bertz CT molecular complexity index is 1300. The van der Waals surface area contributed by atoms with Crippen LogP contribution in [0.3, 0.4) is 0 Å². The van der Waals surface area contributed by atoms with Gasteiger partial charge in [-0.1, -0.05) is 5.16 Å². The van der Waals surface area contributed by atoms with Crippen molar-refractivity contribution in [3.63, 3.8) is 0 Å². The van der Waals surface area contributed by atoms with E-state index in [9.17, 15) is 21.6 Å². The molecular formula is C19H20N4O6S2. The minimum atomic E-state index is -3.87. The minimum Gasteiger partial charge on any atom is -0.360 e. The number of nitrogens with zero attached hydrogens (tertiary/aromatic N) is 2. The molecule has 2 aromatic carbocycles. The average Bonchev–Trinajstić information content (AvgIpc) is 3.12. The van der Waals surface area contributed by atoms with E-state index in [0.29, 0.717) is 11.4 Å². The number of aromatic nitrogens is 1. The zero-order valence-electron chi connectivity index (χ0n) is 16.9. The molecule has 12 heteroatoms. The molecule has 0 saturated heterocycles. The third-order valence-corrected chi connectivity index (χ3v) is 7.38. The number of hydrogen-bond acceptors (Lipinski definition) is 7. The highest BCUT2D eigenvalue weighted by molar-refractivity contribution is 7.92. The van der Waals surface area contributed by atoms with Crippen molar-refractivity contribution in [2.24, 2.45) is 0 Å². The summed E-state index contributed by atoms with van der Waals surface area (Å²) in [5, 5.41) is 6.21. The molecular weight excluding hydrogens is 444 g/mol. The van der Waals surface area contributed by atoms with Gasteiger partial charge in [-0.2, -0.15) is 0 Å². The Morgan fingerprint density at radius 1 is 0.935 bits per heavy atom. The number of rotatable bonds is 7. The number of hydrogen-bond donors (Lipinski definition) is 2. The Labute approximate surface area is 180 Å². The first-order valence-electron chi connectivity index (χ1n) is 8.89. The summed E-state index contributed by atoms with van der Waals surface area (Å²) in [6, 6.07) is 12.5. The largest absolute Gasteiger partial charge is 0.360 e. The molecule has 0 aliphatic carbocycles. The molecule has 1 aromatic heterocycles. The zero-order valence-corrected chi connectivity index (χ0v) is 18.5. The molecule has 2 N–H and O–H groups in total. The first-order chi connectivity index (χ1) is 14.5. The van der Waals surface area contributed by atoms with Gasteiger partial charge in [-0.15, -0.1) is 0 Å². The highest BCUT2D eigenvalue weighted by Crippen LogP contribution is 2.19. The van der Waals surface area contributed by atoms with Gasteiger partial charge in [0.05, 0.1) is 9.79 Å². The predicted octanol–water partition coefficient (Wildman–Crippen LogP) is 2.29. The lowest BCUT2D eigenvalue weighted by Crippen LogP contribution is -2.22. The van der Waals surface area contributed by atoms with Crippen molar-refractivity contribution in [3.8, 4) is 0 Å². The first-order valence-corrected chi connectivity index (χ1v) is 11.8. The number of sulfonamides is 2. The fraction of sp³-hybridized carbons (Fsp3) is 0.158. The van der Waals surface area contributed by atoms with E-state index in [4.69, 9.17) is 4.52 Å². The van der Waals surface area contributed by atoms with Gasteiger partial charge in [-0.25, -0.2) is 21.1 Å². The maximum absolute atomic E-state index is 12.4. The maximum atomic E-state index is 12.4. The van der Waals surface area contributed by atoms with Crippen LogP contribution in [0, 0.1) is 6.92 Å². The second kappa shape index (κ2) is 8.49. The van der Waals surface area contributed by atoms with Gasteiger partial charge in [-0.3, -0.25) is 9.52 Å². The summed E-state index contributed by atoms with van der Waals surface area (Å²) in [4.78, 5) is 12.5. The molecule has 0 aliphatic heterocycles. The average molecular weight is 465 g/mol. The molecule has 0 saturated carbocycles. The van der Waals surface area contributed by atoms with Gasteiger partial charge in [0.15, 0.2) is 5.82 Å². The van der Waals surface area contributed by atoms with Crippen LogP contribution >= 0.6 is 0 Å². The quantitative estimate of drug-likeness (QED) is 0.547. The summed E-state index contributed by atoms with van der Waals surface area (Å²) in [5.41, 5.74) is 0.615. The van der Waals surface area contributed by atoms with Crippen LogP contribution in [0.4, 0.5) is 11.5 Å². The summed E-state index contributed by atoms with van der Waals surface area (Å²) >= 11 is 0. The summed E-state index contributed by atoms with van der Waals surface area (Å²) in [6.07, 6.45) is 0. The van der Waals surface area contributed by atoms with E-state index < -0.39 is 26.0 Å². The molecule has 0 atom stereocenters. The maximum Gasteiger partial charge on any atom is 0.263 e. The van der Waals surface area contributed by atoms with Crippen molar-refractivity contribution in [3.05, 3.63) is 65.9 Å². The lowest BCUT2D eigenvalue weighted by atomic mass is 10.2. The van der Waals surface area contributed by atoms with Crippen molar-refractivity contribution >= 4 is 37.5 Å². The minimum absolute atomic E-state index is 0.0237. The van der Waals surface area contributed by atoms with E-state index in [-0.39, 0.29) is 21.2 Å². The molecule has 10 nitrogen and oxygen atoms in total. The van der Waals surface area contributed by atoms with E-state index in [1.807, 2.05) is 0 Å². The van der Waals surface area contributed by atoms with Crippen LogP contribution in [0.2, 0.25) is 0 Å². The molecule has 1 amide bonds. The highest BCUT2D eigenvalue weighted by Gasteiger charge is 2.18. The molecule has 3 aromatic rings. The van der Waals surface area contributed by atoms with Gasteiger partial charge in [0.25, 0.3) is 15.9 Å². The molecule has 0 fully saturated rings. The second-order valence-electron chi connectivity index (χ2n) is 6.72. The number of aryl methyl sites for hydroxylation is 1. The van der Waals surface area contributed by atoms with Gasteiger partial charge in [0.1, 0.15) is 5.76 Å². The normalized spacial score (nSPS) is 12.0. The van der Waals surface area contributed by atoms with E-state index >= 15 is 0 Å². The molecule has 0 aliphatic rings. The Hall–Kier alpha value is -3.22. The van der Waals surface area contributed by atoms with Crippen LogP contribution in [0.15, 0.2) is 68.9 Å². The molecule has 31 heavy (non-hydrogen) atoms. The third kappa shape index (κ3) is 5.10. The summed E-state index contributed by atoms with van der Waals surface area (Å²) in [7, 11) is -4.62. The van der Waals surface area contributed by atoms with Crippen molar-refractivity contribution in [2.75, 3.05) is 24.1 Å². The third-order valence-electron chi connectivity index (χ3n) is 4.18. The number of nitrogens with one attached hydrogen (secondary N) is 2. The molecule has 0 unspecified atom stereocenters. The van der Waals surface area contributed by atoms with Gasteiger partial charge < -0.3 is 9.84 Å². The van der Waals surface area contributed by atoms with Gasteiger partial charge in [0, 0.05) is 31.4 Å². The van der Waals surface area contributed by atoms with E-state index in [1.165, 1.54) is 68.7 Å². The van der Waals surface area contributed by atoms with Gasteiger partial charge >= 0.3 is 0 Å². The summed E-state index contributed by atoms with van der Waals surface area (Å²) in [6.45, 7) is 1.64. The molecule has 164 valence electrons. The first kappa shape index (κ1) is 22.5. The molecule has 0 spiro atoms. The smallest absolute Gasteiger partial charge is 0.263 e. The second-order valence-corrected chi connectivity index (χ2v) is 10.6. The highest BCUT2D eigenvalue weighted by atomic mass is 32.2. The standard InChI is InChI=1S/C19H20N4O6S2/c1-13-12-18(21-29-13)22-30(25,26)16-10-6-15(7-11-16)20-19(24)14-4-8-17(9-5-14)31(27,28)23(2)3/h4-12H,1-3H3,(H,20,24)(H,21,22). The van der Waals surface area contributed by atoms with Crippen LogP contribution in [0.5, 0.6) is 0 Å². The molecule has 0 bridgehead atoms. The molecule has 1 heterocycles. The Morgan fingerprint density at radius 3 is 2.03 bits per heavy atom. The molecule has 3 rings (SSSR count). The van der Waals surface area contributed by atoms with E-state index in [2.05, 4.69) is 15.2 Å². The van der Waals surface area contributed by atoms with Crippen LogP contribution in [-0.2, 0) is 20.0 Å². The predicted molar refractivity (Wildman–Crippen MR) is 114 cm³/mol. The number of amides is 1. The van der Waals surface area contributed by atoms with Gasteiger partial charge in [0.2, 0.25) is 10.0 Å². The number of carbonyl (C=O) groups is 1. The Morgan fingerprint density at radius 2 is 1.52 bits per heavy atom. The van der Waals surface area contributed by atoms with Gasteiger partial charge in [-0.05, 0) is 55.5 Å². The monoisotopic (exact) mass is 464 g/mol. The van der Waals surface area contributed by atoms with E-state index in [1.54, 1.807) is 6.92 Å². The Balaban J connectivity index is 1.70. The van der Waals surface area contributed by atoms with E-state index in [0.717, 1.165) is 4.31 Å². The van der Waals surface area contributed by atoms with Crippen LogP contribution < -0.4 is 10.0 Å². The van der Waals surface area contributed by atoms with Crippen LogP contribution in [0.25, 0.3) is 0 Å². The Kier molecular flexibility index (Phi) is 6.15. The lowest BCUT2D eigenvalue weighted by Gasteiger charge is -2.12. The van der Waals surface area contributed by atoms with Crippen molar-refractivity contribution in [2.45, 2.75) is 16.7 Å². The SMILES string of the molecule is Cc1cc(NS(=O)(=O)c2ccc(NC(=O)c3ccc(S(=O)(=O)N(C)C)cc3)cc2)no1. The fourth-order valence-electron chi connectivity index (χ4n) is 2.52. The van der Waals surface area contributed by atoms with Crippen molar-refractivity contribution < 1.29 is 26.2 Å². The summed E-state index contributed by atoms with van der Waals surface area (Å²) < 4.78 is 57.2. The number of benzene rings is 2. The summed E-state index contributed by atoms with van der Waals surface area (Å²) in [5.74, 6) is 0.0540. The number of carbonyl (C=O) groups excluding carboxylic acids is 1. The number of anilines is 2. The topological polar surface area (TPSA) is 139 Å². The van der Waals surface area contributed by atoms with Crippen LogP contribution in [-0.4, -0.2) is 46.3 Å². The van der Waals surface area contributed by atoms with Crippen molar-refractivity contribution in [1.29, 1.82) is 0 Å². The van der Waals surface area contributed by atoms with Crippen LogP contribution in [0.1, 0.15) is 16.1 Å². The lowest BCUT2D eigenvalue weighted by molar-refractivity contribution is 0.102. The zero-order chi connectivity index (χ0) is 22.8. The fourth-order valence-corrected chi connectivity index (χ4v) is 4.41. The van der Waals surface area contributed by atoms with Crippen molar-refractivity contribution in [1.82, 2.24) is 9.46 Å².